The predicted molar refractivity (Wildman–Crippen MR) is 94.3 cm³/mol. The van der Waals surface area contributed by atoms with Gasteiger partial charge in [-0.1, -0.05) is 5.16 Å². The fourth-order valence-corrected chi connectivity index (χ4v) is 3.43. The second-order valence-electron chi connectivity index (χ2n) is 7.02. The number of carbonyl (C=O) groups excluding carboxylic acids is 2. The number of thioether (sulfide) groups is 1. The fourth-order valence-electron chi connectivity index (χ4n) is 2.33. The van der Waals surface area contributed by atoms with Gasteiger partial charge in [-0.25, -0.2) is 4.79 Å². The van der Waals surface area contributed by atoms with Crippen molar-refractivity contribution in [2.24, 2.45) is 0 Å². The van der Waals surface area contributed by atoms with E-state index in [9.17, 15) is 9.59 Å². The van der Waals surface area contributed by atoms with Crippen molar-refractivity contribution < 1.29 is 18.8 Å². The predicted octanol–water partition coefficient (Wildman–Crippen LogP) is 2.21. The van der Waals surface area contributed by atoms with Gasteiger partial charge in [0.2, 0.25) is 11.8 Å². The Morgan fingerprint density at radius 1 is 1.36 bits per heavy atom. The zero-order valence-corrected chi connectivity index (χ0v) is 15.9. The largest absolute Gasteiger partial charge is 0.444 e. The number of aromatic nitrogens is 2. The Hall–Kier alpha value is -1.77. The number of amides is 2. The van der Waals surface area contributed by atoms with Crippen molar-refractivity contribution in [3.63, 3.8) is 0 Å². The zero-order chi connectivity index (χ0) is 18.4. The molecule has 1 aliphatic heterocycles. The third-order valence-electron chi connectivity index (χ3n) is 3.61. The lowest BCUT2D eigenvalue weighted by Gasteiger charge is -2.21. The molecule has 8 nitrogen and oxygen atoms in total. The van der Waals surface area contributed by atoms with Gasteiger partial charge in [-0.15, -0.1) is 0 Å². The molecule has 0 spiro atoms. The van der Waals surface area contributed by atoms with Crippen LogP contribution in [0.2, 0.25) is 0 Å². The van der Waals surface area contributed by atoms with Crippen molar-refractivity contribution in [3.05, 3.63) is 11.7 Å². The summed E-state index contributed by atoms with van der Waals surface area (Å²) in [6.07, 6.45) is 1.46. The van der Waals surface area contributed by atoms with Crippen LogP contribution in [0.1, 0.15) is 58.2 Å². The molecule has 2 heterocycles. The summed E-state index contributed by atoms with van der Waals surface area (Å²) in [5, 5.41) is 9.18. The molecule has 9 heteroatoms. The van der Waals surface area contributed by atoms with E-state index < -0.39 is 17.7 Å². The maximum atomic E-state index is 12.1. The van der Waals surface area contributed by atoms with Crippen LogP contribution in [0.3, 0.4) is 0 Å². The summed E-state index contributed by atoms with van der Waals surface area (Å²) in [7, 11) is 0. The van der Waals surface area contributed by atoms with Crippen molar-refractivity contribution in [2.45, 2.75) is 64.6 Å². The SMILES string of the molecule is C[C@@H](NC(=O)OC(C)(C)C)C(=O)NCc1nc(C2CCSCC2)no1. The quantitative estimate of drug-likeness (QED) is 0.818. The monoisotopic (exact) mass is 370 g/mol. The van der Waals surface area contributed by atoms with E-state index in [1.165, 1.54) is 0 Å². The Balaban J connectivity index is 1.77. The molecule has 2 amide bonds. The zero-order valence-electron chi connectivity index (χ0n) is 15.1. The Bertz CT molecular complexity index is 593. The van der Waals surface area contributed by atoms with Crippen LogP contribution in [0.4, 0.5) is 4.79 Å². The highest BCUT2D eigenvalue weighted by Crippen LogP contribution is 2.29. The number of ether oxygens (including phenoxy) is 1. The highest BCUT2D eigenvalue weighted by atomic mass is 32.2. The molecule has 25 heavy (non-hydrogen) atoms. The summed E-state index contributed by atoms with van der Waals surface area (Å²) in [6, 6.07) is -0.729. The molecule has 1 aromatic rings. The standard InChI is InChI=1S/C16H26N4O4S/c1-10(18-15(22)23-16(2,3)4)14(21)17-9-12-19-13(20-24-12)11-5-7-25-8-6-11/h10-11H,5-9H2,1-4H3,(H,17,21)(H,18,22)/t10-/m1/s1. The molecule has 1 aliphatic rings. The van der Waals surface area contributed by atoms with Gasteiger partial charge in [0, 0.05) is 5.92 Å². The summed E-state index contributed by atoms with van der Waals surface area (Å²) in [5.41, 5.74) is -0.613. The lowest BCUT2D eigenvalue weighted by Crippen LogP contribution is -2.46. The van der Waals surface area contributed by atoms with Crippen molar-refractivity contribution in [3.8, 4) is 0 Å². The molecule has 0 aliphatic carbocycles. The molecule has 2 N–H and O–H groups in total. The van der Waals surface area contributed by atoms with Gasteiger partial charge in [0.1, 0.15) is 11.6 Å². The van der Waals surface area contributed by atoms with Gasteiger partial charge in [0.25, 0.3) is 0 Å². The van der Waals surface area contributed by atoms with E-state index in [4.69, 9.17) is 9.26 Å². The minimum atomic E-state index is -0.729. The van der Waals surface area contributed by atoms with E-state index >= 15 is 0 Å². The van der Waals surface area contributed by atoms with Crippen LogP contribution < -0.4 is 10.6 Å². The van der Waals surface area contributed by atoms with E-state index in [1.54, 1.807) is 27.7 Å². The van der Waals surface area contributed by atoms with E-state index in [0.717, 1.165) is 24.3 Å². The highest BCUT2D eigenvalue weighted by molar-refractivity contribution is 7.99. The number of alkyl carbamates (subject to hydrolysis) is 1. The van der Waals surface area contributed by atoms with Crippen LogP contribution in [0.5, 0.6) is 0 Å². The number of nitrogens with one attached hydrogen (secondary N) is 2. The Kier molecular flexibility index (Phi) is 6.69. The first-order chi connectivity index (χ1) is 11.7. The van der Waals surface area contributed by atoms with Crippen LogP contribution in [0, 0.1) is 0 Å². The smallest absolute Gasteiger partial charge is 0.408 e. The third kappa shape index (κ3) is 6.56. The van der Waals surface area contributed by atoms with Gasteiger partial charge in [-0.3, -0.25) is 4.79 Å². The van der Waals surface area contributed by atoms with Gasteiger partial charge in [0.05, 0.1) is 6.54 Å². The average Bonchev–Trinajstić information content (AvgIpc) is 3.00. The average molecular weight is 370 g/mol. The summed E-state index contributed by atoms with van der Waals surface area (Å²) >= 11 is 1.94. The highest BCUT2D eigenvalue weighted by Gasteiger charge is 2.23. The Labute approximate surface area is 151 Å². The third-order valence-corrected chi connectivity index (χ3v) is 4.66. The molecule has 0 aromatic carbocycles. The molecule has 0 radical (unpaired) electrons. The maximum absolute atomic E-state index is 12.1. The van der Waals surface area contributed by atoms with Crippen LogP contribution in [0.25, 0.3) is 0 Å². The summed E-state index contributed by atoms with van der Waals surface area (Å²) in [6.45, 7) is 6.99. The lowest BCUT2D eigenvalue weighted by atomic mass is 10.0. The first kappa shape index (κ1) is 19.6. The second-order valence-corrected chi connectivity index (χ2v) is 8.24. The van der Waals surface area contributed by atoms with Crippen LogP contribution in [-0.4, -0.2) is 45.3 Å². The number of carbonyl (C=O) groups is 2. The van der Waals surface area contributed by atoms with Crippen molar-refractivity contribution >= 4 is 23.8 Å². The molecule has 140 valence electrons. The molecular weight excluding hydrogens is 344 g/mol. The molecular formula is C16H26N4O4S. The summed E-state index contributed by atoms with van der Waals surface area (Å²) < 4.78 is 10.3. The van der Waals surface area contributed by atoms with Crippen molar-refractivity contribution in [1.29, 1.82) is 0 Å². The minimum absolute atomic E-state index is 0.133. The minimum Gasteiger partial charge on any atom is -0.444 e. The summed E-state index contributed by atoms with van der Waals surface area (Å²) in [5.74, 6) is 3.29. The van der Waals surface area contributed by atoms with Gasteiger partial charge >= 0.3 is 6.09 Å². The molecule has 0 bridgehead atoms. The van der Waals surface area contributed by atoms with E-state index in [2.05, 4.69) is 20.8 Å². The van der Waals surface area contributed by atoms with Gasteiger partial charge in [-0.2, -0.15) is 16.7 Å². The Morgan fingerprint density at radius 2 is 2.04 bits per heavy atom. The number of nitrogens with zero attached hydrogens (tertiary/aromatic N) is 2. The molecule has 1 saturated heterocycles. The molecule has 0 unspecified atom stereocenters. The van der Waals surface area contributed by atoms with Crippen molar-refractivity contribution in [1.82, 2.24) is 20.8 Å². The maximum Gasteiger partial charge on any atom is 0.408 e. The van der Waals surface area contributed by atoms with Gasteiger partial charge in [-0.05, 0) is 52.0 Å². The van der Waals surface area contributed by atoms with E-state index in [0.29, 0.717) is 17.6 Å². The first-order valence-corrected chi connectivity index (χ1v) is 9.57. The molecule has 2 rings (SSSR count). The van der Waals surface area contributed by atoms with Gasteiger partial charge < -0.3 is 19.9 Å². The normalized spacial score (nSPS) is 17.0. The second kappa shape index (κ2) is 8.55. The van der Waals surface area contributed by atoms with Gasteiger partial charge in [0.15, 0.2) is 5.82 Å². The number of hydrogen-bond donors (Lipinski definition) is 2. The van der Waals surface area contributed by atoms with Crippen LogP contribution >= 0.6 is 11.8 Å². The Morgan fingerprint density at radius 3 is 2.68 bits per heavy atom. The van der Waals surface area contributed by atoms with E-state index in [1.807, 2.05) is 11.8 Å². The number of hydrogen-bond acceptors (Lipinski definition) is 7. The molecule has 1 fully saturated rings. The first-order valence-electron chi connectivity index (χ1n) is 8.42. The lowest BCUT2D eigenvalue weighted by molar-refractivity contribution is -0.123. The van der Waals surface area contributed by atoms with E-state index in [-0.39, 0.29) is 12.5 Å². The molecule has 0 saturated carbocycles. The molecule has 1 atom stereocenters. The van der Waals surface area contributed by atoms with Crippen LogP contribution in [0.15, 0.2) is 4.52 Å². The molecule has 1 aromatic heterocycles. The number of rotatable bonds is 5. The fraction of sp³-hybridized carbons (Fsp3) is 0.750. The van der Waals surface area contributed by atoms with Crippen LogP contribution in [-0.2, 0) is 16.1 Å². The topological polar surface area (TPSA) is 106 Å². The van der Waals surface area contributed by atoms with Crippen molar-refractivity contribution in [2.75, 3.05) is 11.5 Å². The summed E-state index contributed by atoms with van der Waals surface area (Å²) in [4.78, 5) is 28.1.